The topological polar surface area (TPSA) is 90.8 Å². The number of hydrogen-bond acceptors (Lipinski definition) is 5. The lowest BCUT2D eigenvalue weighted by molar-refractivity contribution is 0.0527. The first kappa shape index (κ1) is 17.1. The third-order valence-electron chi connectivity index (χ3n) is 2.61. The molecule has 118 valence electrons. The smallest absolute Gasteiger partial charge is 0.407 e. The number of benzene rings is 1. The normalized spacial score (nSPS) is 11.2. The molecule has 0 aliphatic heterocycles. The van der Waals surface area contributed by atoms with E-state index in [4.69, 9.17) is 4.74 Å². The first-order valence-electron chi connectivity index (χ1n) is 6.97. The molecule has 1 rings (SSSR count). The molecule has 0 bridgehead atoms. The van der Waals surface area contributed by atoms with Crippen molar-refractivity contribution in [1.82, 2.24) is 10.6 Å². The van der Waals surface area contributed by atoms with E-state index in [1.807, 2.05) is 20.8 Å². The predicted molar refractivity (Wildman–Crippen MR) is 80.3 cm³/mol. The van der Waals surface area contributed by atoms with E-state index in [2.05, 4.69) is 10.6 Å². The van der Waals surface area contributed by atoms with Crippen molar-refractivity contribution in [2.24, 2.45) is 0 Å². The Kier molecular flexibility index (Phi) is 6.30. The summed E-state index contributed by atoms with van der Waals surface area (Å²) in [6, 6.07) is 4.85. The minimum Gasteiger partial charge on any atom is -0.504 e. The van der Waals surface area contributed by atoms with E-state index < -0.39 is 11.7 Å². The number of ether oxygens (including phenoxy) is 1. The molecule has 6 heteroatoms. The van der Waals surface area contributed by atoms with Crippen LogP contribution in [0.4, 0.5) is 4.79 Å². The molecule has 0 heterocycles. The number of alkyl carbamates (subject to hydrolysis) is 1. The van der Waals surface area contributed by atoms with Gasteiger partial charge in [0.15, 0.2) is 11.5 Å². The Labute approximate surface area is 125 Å². The van der Waals surface area contributed by atoms with E-state index in [1.54, 1.807) is 12.1 Å². The fourth-order valence-electron chi connectivity index (χ4n) is 1.66. The second-order valence-corrected chi connectivity index (χ2v) is 5.74. The van der Waals surface area contributed by atoms with Crippen LogP contribution >= 0.6 is 0 Å². The van der Waals surface area contributed by atoms with Gasteiger partial charge in [-0.15, -0.1) is 0 Å². The van der Waals surface area contributed by atoms with Crippen LogP contribution < -0.4 is 10.6 Å². The lowest BCUT2D eigenvalue weighted by Gasteiger charge is -2.19. The Balaban J connectivity index is 2.15. The number of carbonyl (C=O) groups excluding carboxylic acids is 1. The predicted octanol–water partition coefficient (Wildman–Crippen LogP) is 2.10. The number of carbonyl (C=O) groups is 1. The highest BCUT2D eigenvalue weighted by molar-refractivity contribution is 5.67. The highest BCUT2D eigenvalue weighted by Crippen LogP contribution is 2.27. The first-order chi connectivity index (χ1) is 9.79. The molecule has 0 saturated heterocycles. The summed E-state index contributed by atoms with van der Waals surface area (Å²) in [6.07, 6.45) is 0.312. The largest absolute Gasteiger partial charge is 0.504 e. The highest BCUT2D eigenvalue weighted by atomic mass is 16.6. The molecule has 1 amide bonds. The summed E-state index contributed by atoms with van der Waals surface area (Å²) >= 11 is 0. The molecule has 0 saturated carbocycles. The zero-order valence-corrected chi connectivity index (χ0v) is 12.8. The number of aromatic hydroxyl groups is 2. The van der Waals surface area contributed by atoms with Crippen molar-refractivity contribution in [3.05, 3.63) is 23.8 Å². The molecule has 21 heavy (non-hydrogen) atoms. The van der Waals surface area contributed by atoms with E-state index in [9.17, 15) is 15.0 Å². The second kappa shape index (κ2) is 7.73. The summed E-state index contributed by atoms with van der Waals surface area (Å²) in [4.78, 5) is 11.4. The molecular weight excluding hydrogens is 272 g/mol. The van der Waals surface area contributed by atoms with Crippen LogP contribution in [-0.4, -0.2) is 35.0 Å². The molecule has 0 aliphatic rings. The quantitative estimate of drug-likeness (QED) is 0.477. The lowest BCUT2D eigenvalue weighted by atomic mass is 10.2. The van der Waals surface area contributed by atoms with E-state index in [0.29, 0.717) is 25.2 Å². The van der Waals surface area contributed by atoms with Crippen molar-refractivity contribution in [2.75, 3.05) is 13.1 Å². The van der Waals surface area contributed by atoms with Crippen molar-refractivity contribution in [3.63, 3.8) is 0 Å². The highest BCUT2D eigenvalue weighted by Gasteiger charge is 2.15. The van der Waals surface area contributed by atoms with Gasteiger partial charge in [-0.25, -0.2) is 4.79 Å². The molecule has 0 radical (unpaired) electrons. The van der Waals surface area contributed by atoms with Gasteiger partial charge in [0.25, 0.3) is 0 Å². The van der Waals surface area contributed by atoms with Crippen LogP contribution in [-0.2, 0) is 11.3 Å². The van der Waals surface area contributed by atoms with Gasteiger partial charge in [-0.3, -0.25) is 0 Å². The molecule has 0 unspecified atom stereocenters. The molecule has 1 aromatic carbocycles. The van der Waals surface area contributed by atoms with Gasteiger partial charge < -0.3 is 25.6 Å². The Morgan fingerprint density at radius 2 is 1.95 bits per heavy atom. The Hall–Kier alpha value is -1.95. The summed E-state index contributed by atoms with van der Waals surface area (Å²) in [5.41, 5.74) is 0.143. The molecule has 6 nitrogen and oxygen atoms in total. The average Bonchev–Trinajstić information content (AvgIpc) is 2.36. The second-order valence-electron chi connectivity index (χ2n) is 5.74. The minimum atomic E-state index is -0.491. The summed E-state index contributed by atoms with van der Waals surface area (Å²) < 4.78 is 5.11. The van der Waals surface area contributed by atoms with E-state index >= 15 is 0 Å². The SMILES string of the molecule is CC(C)(C)OC(=O)NCCCNCc1cccc(O)c1O. The molecule has 4 N–H and O–H groups in total. The standard InChI is InChI=1S/C15H24N2O4/c1-15(2,3)21-14(20)17-9-5-8-16-10-11-6-4-7-12(18)13(11)19/h4,6-7,16,18-19H,5,8-10H2,1-3H3,(H,17,20). The van der Waals surface area contributed by atoms with Crippen LogP contribution in [0.2, 0.25) is 0 Å². The number of rotatable bonds is 6. The van der Waals surface area contributed by atoms with Crippen molar-refractivity contribution < 1.29 is 19.7 Å². The van der Waals surface area contributed by atoms with Gasteiger partial charge in [-0.05, 0) is 39.8 Å². The zero-order chi connectivity index (χ0) is 15.9. The monoisotopic (exact) mass is 296 g/mol. The van der Waals surface area contributed by atoms with Gasteiger partial charge in [-0.1, -0.05) is 12.1 Å². The summed E-state index contributed by atoms with van der Waals surface area (Å²) in [7, 11) is 0. The third-order valence-corrected chi connectivity index (χ3v) is 2.61. The van der Waals surface area contributed by atoms with Gasteiger partial charge in [0.1, 0.15) is 5.60 Å². The van der Waals surface area contributed by atoms with Crippen molar-refractivity contribution in [1.29, 1.82) is 0 Å². The Morgan fingerprint density at radius 1 is 1.24 bits per heavy atom. The van der Waals surface area contributed by atoms with E-state index in [0.717, 1.165) is 6.42 Å². The summed E-state index contributed by atoms with van der Waals surface area (Å²) in [6.45, 7) is 7.08. The van der Waals surface area contributed by atoms with Gasteiger partial charge >= 0.3 is 6.09 Å². The van der Waals surface area contributed by atoms with Crippen LogP contribution in [0.5, 0.6) is 11.5 Å². The fraction of sp³-hybridized carbons (Fsp3) is 0.533. The maximum atomic E-state index is 11.4. The van der Waals surface area contributed by atoms with Crippen molar-refractivity contribution in [2.45, 2.75) is 39.3 Å². The maximum absolute atomic E-state index is 11.4. The zero-order valence-electron chi connectivity index (χ0n) is 12.8. The van der Waals surface area contributed by atoms with Gasteiger partial charge in [0.2, 0.25) is 0 Å². The van der Waals surface area contributed by atoms with Crippen LogP contribution in [0, 0.1) is 0 Å². The molecule has 0 atom stereocenters. The van der Waals surface area contributed by atoms with Crippen LogP contribution in [0.25, 0.3) is 0 Å². The number of amides is 1. The number of phenolic OH excluding ortho intramolecular Hbond substituents is 2. The first-order valence-corrected chi connectivity index (χ1v) is 6.97. The molecular formula is C15H24N2O4. The molecule has 0 spiro atoms. The molecule has 0 fully saturated rings. The maximum Gasteiger partial charge on any atom is 0.407 e. The lowest BCUT2D eigenvalue weighted by Crippen LogP contribution is -2.33. The average molecular weight is 296 g/mol. The van der Waals surface area contributed by atoms with Gasteiger partial charge in [0.05, 0.1) is 0 Å². The molecule has 0 aromatic heterocycles. The number of hydrogen-bond donors (Lipinski definition) is 4. The summed E-state index contributed by atoms with van der Waals surface area (Å²) in [5, 5.41) is 24.8. The number of nitrogens with one attached hydrogen (secondary N) is 2. The van der Waals surface area contributed by atoms with Crippen LogP contribution in [0.3, 0.4) is 0 Å². The summed E-state index contributed by atoms with van der Waals surface area (Å²) in [5.74, 6) is -0.224. The third kappa shape index (κ3) is 6.85. The van der Waals surface area contributed by atoms with Crippen molar-refractivity contribution in [3.8, 4) is 11.5 Å². The Morgan fingerprint density at radius 3 is 2.62 bits per heavy atom. The molecule has 0 aliphatic carbocycles. The van der Waals surface area contributed by atoms with Gasteiger partial charge in [0, 0.05) is 18.7 Å². The Bertz CT molecular complexity index is 469. The van der Waals surface area contributed by atoms with E-state index in [1.165, 1.54) is 6.07 Å². The van der Waals surface area contributed by atoms with Gasteiger partial charge in [-0.2, -0.15) is 0 Å². The minimum absolute atomic E-state index is 0.100. The number of para-hydroxylation sites is 1. The van der Waals surface area contributed by atoms with Crippen LogP contribution in [0.15, 0.2) is 18.2 Å². The van der Waals surface area contributed by atoms with Crippen LogP contribution in [0.1, 0.15) is 32.8 Å². The molecule has 1 aromatic rings. The van der Waals surface area contributed by atoms with Crippen molar-refractivity contribution >= 4 is 6.09 Å². The number of phenols is 2. The fourth-order valence-corrected chi connectivity index (χ4v) is 1.66. The van der Waals surface area contributed by atoms with E-state index in [-0.39, 0.29) is 11.5 Å².